The van der Waals surface area contributed by atoms with Crippen LogP contribution in [0, 0.1) is 11.8 Å². The predicted octanol–water partition coefficient (Wildman–Crippen LogP) is 5.08. The van der Waals surface area contributed by atoms with Crippen LogP contribution < -0.4 is 10.6 Å². The molecule has 2 aliphatic carbocycles. The van der Waals surface area contributed by atoms with Crippen LogP contribution in [0.1, 0.15) is 69.3 Å². The SMILES string of the molecule is CC(C)(C)OC(=O)Nc1ccc2c(c1)S(=O)(=O)N=C(C1C(=O)c3ccccc3C(C)(CCC3CC3)C1=O)N2. The fourth-order valence-corrected chi connectivity index (χ4v) is 6.29. The Hall–Kier alpha value is -3.53. The van der Waals surface area contributed by atoms with E-state index in [0.29, 0.717) is 23.5 Å². The van der Waals surface area contributed by atoms with Crippen LogP contribution in [-0.2, 0) is 25.0 Å². The van der Waals surface area contributed by atoms with Crippen molar-refractivity contribution in [2.45, 2.75) is 69.3 Å². The number of nitrogens with one attached hydrogen (secondary N) is 2. The van der Waals surface area contributed by atoms with Gasteiger partial charge < -0.3 is 10.1 Å². The molecule has 1 fully saturated rings. The number of hydrogen-bond acceptors (Lipinski definition) is 7. The summed E-state index contributed by atoms with van der Waals surface area (Å²) in [6.45, 7) is 6.99. The lowest BCUT2D eigenvalue weighted by atomic mass is 9.63. The first kappa shape index (κ1) is 26.1. The van der Waals surface area contributed by atoms with Crippen molar-refractivity contribution in [1.82, 2.24) is 0 Å². The Morgan fingerprint density at radius 1 is 1.16 bits per heavy atom. The molecule has 5 rings (SSSR count). The van der Waals surface area contributed by atoms with Crippen LogP contribution in [0.3, 0.4) is 0 Å². The number of rotatable bonds is 5. The minimum absolute atomic E-state index is 0.170. The molecule has 10 heteroatoms. The van der Waals surface area contributed by atoms with Gasteiger partial charge in [-0.05, 0) is 70.2 Å². The minimum atomic E-state index is -4.28. The molecular weight excluding hydrogens is 506 g/mol. The molecule has 9 nitrogen and oxygen atoms in total. The molecule has 0 saturated heterocycles. The molecular formula is C28H31N3O6S. The molecule has 0 bridgehead atoms. The maximum atomic E-state index is 14.0. The van der Waals surface area contributed by atoms with Crippen molar-refractivity contribution in [2.24, 2.45) is 16.2 Å². The quantitative estimate of drug-likeness (QED) is 0.509. The zero-order valence-corrected chi connectivity index (χ0v) is 22.6. The van der Waals surface area contributed by atoms with Crippen molar-refractivity contribution < 1.29 is 27.5 Å². The lowest BCUT2D eigenvalue weighted by Crippen LogP contribution is -2.51. The highest BCUT2D eigenvalue weighted by Crippen LogP contribution is 2.45. The third kappa shape index (κ3) is 4.84. The Balaban J connectivity index is 1.48. The summed E-state index contributed by atoms with van der Waals surface area (Å²) in [7, 11) is -4.28. The molecule has 1 saturated carbocycles. The molecule has 0 aromatic heterocycles. The number of fused-ring (bicyclic) bond motifs is 2. The zero-order chi connectivity index (χ0) is 27.5. The number of nitrogens with zero attached hydrogens (tertiary/aromatic N) is 1. The second kappa shape index (κ2) is 9.04. The third-order valence-corrected chi connectivity index (χ3v) is 8.59. The van der Waals surface area contributed by atoms with Gasteiger partial charge in [-0.3, -0.25) is 14.9 Å². The van der Waals surface area contributed by atoms with E-state index in [9.17, 15) is 22.8 Å². The van der Waals surface area contributed by atoms with Gasteiger partial charge in [0.1, 0.15) is 22.3 Å². The summed E-state index contributed by atoms with van der Waals surface area (Å²) < 4.78 is 35.6. The Kier molecular flexibility index (Phi) is 6.21. The Morgan fingerprint density at radius 2 is 1.87 bits per heavy atom. The summed E-state index contributed by atoms with van der Waals surface area (Å²) in [5, 5.41) is 5.45. The first-order valence-electron chi connectivity index (χ1n) is 12.7. The molecule has 0 spiro atoms. The molecule has 2 aromatic rings. The fraction of sp³-hybridized carbons (Fsp3) is 0.429. The van der Waals surface area contributed by atoms with Crippen molar-refractivity contribution >= 4 is 44.9 Å². The highest BCUT2D eigenvalue weighted by atomic mass is 32.2. The maximum Gasteiger partial charge on any atom is 0.412 e. The van der Waals surface area contributed by atoms with Crippen LogP contribution in [-0.4, -0.2) is 37.5 Å². The number of ether oxygens (including phenoxy) is 1. The lowest BCUT2D eigenvalue weighted by molar-refractivity contribution is -0.125. The summed E-state index contributed by atoms with van der Waals surface area (Å²) in [4.78, 5) is 39.5. The van der Waals surface area contributed by atoms with Gasteiger partial charge in [-0.25, -0.2) is 4.79 Å². The number of ketones is 2. The van der Waals surface area contributed by atoms with Gasteiger partial charge in [-0.1, -0.05) is 37.1 Å². The van der Waals surface area contributed by atoms with Gasteiger partial charge >= 0.3 is 6.09 Å². The van der Waals surface area contributed by atoms with Crippen LogP contribution in [0.4, 0.5) is 16.2 Å². The van der Waals surface area contributed by atoms with Gasteiger partial charge in [0, 0.05) is 11.3 Å². The average Bonchev–Trinajstić information content (AvgIpc) is 3.65. The number of sulfonamides is 1. The van der Waals surface area contributed by atoms with Gasteiger partial charge in [0.15, 0.2) is 11.6 Å². The number of benzene rings is 2. The van der Waals surface area contributed by atoms with E-state index < -0.39 is 38.8 Å². The Bertz CT molecular complexity index is 1490. The summed E-state index contributed by atoms with van der Waals surface area (Å²) in [6.07, 6.45) is 3.00. The number of carbonyl (C=O) groups is 3. The number of anilines is 2. The highest BCUT2D eigenvalue weighted by molar-refractivity contribution is 7.90. The number of hydrogen-bond donors (Lipinski definition) is 2. The topological polar surface area (TPSA) is 131 Å². The molecule has 2 atom stereocenters. The predicted molar refractivity (Wildman–Crippen MR) is 143 cm³/mol. The van der Waals surface area contributed by atoms with Crippen molar-refractivity contribution in [3.05, 3.63) is 53.6 Å². The van der Waals surface area contributed by atoms with E-state index in [2.05, 4.69) is 15.0 Å². The summed E-state index contributed by atoms with van der Waals surface area (Å²) in [5.41, 5.74) is -0.190. The second-order valence-corrected chi connectivity index (χ2v) is 13.0. The van der Waals surface area contributed by atoms with Crippen molar-refractivity contribution in [3.8, 4) is 0 Å². The highest BCUT2D eigenvalue weighted by Gasteiger charge is 2.51. The number of Topliss-reactive ketones (excluding diaryl/α,β-unsaturated/α-hetero) is 2. The van der Waals surface area contributed by atoms with E-state index in [-0.39, 0.29) is 27.9 Å². The molecule has 0 radical (unpaired) electrons. The van der Waals surface area contributed by atoms with E-state index in [1.54, 1.807) is 32.9 Å². The Labute approximate surface area is 222 Å². The Morgan fingerprint density at radius 3 is 2.55 bits per heavy atom. The second-order valence-electron chi connectivity index (χ2n) is 11.4. The molecule has 38 heavy (non-hydrogen) atoms. The van der Waals surface area contributed by atoms with Crippen LogP contribution in [0.2, 0.25) is 0 Å². The molecule has 2 unspecified atom stereocenters. The molecule has 1 heterocycles. The van der Waals surface area contributed by atoms with Crippen LogP contribution >= 0.6 is 0 Å². The molecule has 1 amide bonds. The van der Waals surface area contributed by atoms with Gasteiger partial charge in [0.25, 0.3) is 10.0 Å². The molecule has 200 valence electrons. The van der Waals surface area contributed by atoms with Crippen LogP contribution in [0.15, 0.2) is 51.8 Å². The smallest absolute Gasteiger partial charge is 0.412 e. The van der Waals surface area contributed by atoms with Gasteiger partial charge in [0.2, 0.25) is 0 Å². The van der Waals surface area contributed by atoms with E-state index in [4.69, 9.17) is 4.74 Å². The summed E-state index contributed by atoms with van der Waals surface area (Å²) in [6, 6.07) is 11.3. The van der Waals surface area contributed by atoms with E-state index >= 15 is 0 Å². The maximum absolute atomic E-state index is 14.0. The minimum Gasteiger partial charge on any atom is -0.444 e. The number of amides is 1. The van der Waals surface area contributed by atoms with Crippen molar-refractivity contribution in [2.75, 3.05) is 10.6 Å². The molecule has 2 N–H and O–H groups in total. The van der Waals surface area contributed by atoms with Crippen molar-refractivity contribution in [3.63, 3.8) is 0 Å². The fourth-order valence-electron chi connectivity index (χ4n) is 5.11. The molecule has 2 aromatic carbocycles. The third-order valence-electron chi connectivity index (χ3n) is 7.26. The number of carbonyl (C=O) groups excluding carboxylic acids is 3. The van der Waals surface area contributed by atoms with Crippen molar-refractivity contribution in [1.29, 1.82) is 0 Å². The van der Waals surface area contributed by atoms with E-state index in [1.165, 1.54) is 18.2 Å². The first-order valence-corrected chi connectivity index (χ1v) is 14.2. The standard InChI is InChI=1S/C28H31N3O6S/c1-27(2,3)37-26(34)29-17-11-12-20-21(15-17)38(35,36)31-25(30-20)22-23(32)18-7-5-6-8-19(18)28(4,24(22)33)14-13-16-9-10-16/h5-8,11-12,15-16,22H,9-10,13-14H2,1-4H3,(H,29,34)(H,30,31). The van der Waals surface area contributed by atoms with Gasteiger partial charge in [-0.2, -0.15) is 8.42 Å². The van der Waals surface area contributed by atoms with E-state index in [0.717, 1.165) is 19.3 Å². The van der Waals surface area contributed by atoms with Gasteiger partial charge in [0.05, 0.1) is 11.1 Å². The normalized spacial score (nSPS) is 24.0. The van der Waals surface area contributed by atoms with Crippen LogP contribution in [0.25, 0.3) is 0 Å². The first-order chi connectivity index (χ1) is 17.8. The zero-order valence-electron chi connectivity index (χ0n) is 21.8. The van der Waals surface area contributed by atoms with E-state index in [1.807, 2.05) is 19.1 Å². The lowest BCUT2D eigenvalue weighted by Gasteiger charge is -2.38. The van der Waals surface area contributed by atoms with Crippen LogP contribution in [0.5, 0.6) is 0 Å². The number of amidine groups is 1. The summed E-state index contributed by atoms with van der Waals surface area (Å²) >= 11 is 0. The summed E-state index contributed by atoms with van der Waals surface area (Å²) in [5.74, 6) is -1.80. The average molecular weight is 538 g/mol. The molecule has 3 aliphatic rings. The van der Waals surface area contributed by atoms with Gasteiger partial charge in [-0.15, -0.1) is 4.40 Å². The largest absolute Gasteiger partial charge is 0.444 e. The monoisotopic (exact) mass is 537 g/mol. The molecule has 1 aliphatic heterocycles.